The molecule has 142 valence electrons. The highest BCUT2D eigenvalue weighted by molar-refractivity contribution is 5.52. The third-order valence-electron chi connectivity index (χ3n) is 4.88. The Balaban J connectivity index is 1.48. The smallest absolute Gasteiger partial charge is 0.199 e. The number of hydrogen-bond acceptors (Lipinski definition) is 6. The van der Waals surface area contributed by atoms with Crippen molar-refractivity contribution >= 4 is 0 Å². The maximum Gasteiger partial charge on any atom is 0.199 e. The van der Waals surface area contributed by atoms with Crippen LogP contribution in [-0.4, -0.2) is 47.5 Å². The Morgan fingerprint density at radius 3 is 2.61 bits per heavy atom. The molecule has 0 amide bonds. The van der Waals surface area contributed by atoms with Gasteiger partial charge in [-0.1, -0.05) is 18.2 Å². The number of likely N-dealkylation sites (tertiary alicyclic amines) is 1. The van der Waals surface area contributed by atoms with Crippen molar-refractivity contribution in [2.45, 2.75) is 25.9 Å². The zero-order chi connectivity index (χ0) is 18.8. The third kappa shape index (κ3) is 3.46. The lowest BCUT2D eigenvalue weighted by atomic mass is 10.3. The van der Waals surface area contributed by atoms with E-state index in [-0.39, 0.29) is 0 Å². The molecule has 0 atom stereocenters. The molecule has 1 aliphatic rings. The van der Waals surface area contributed by atoms with Gasteiger partial charge in [-0.15, -0.1) is 5.10 Å². The summed E-state index contributed by atoms with van der Waals surface area (Å²) in [5.41, 5.74) is 0.937. The van der Waals surface area contributed by atoms with E-state index >= 15 is 0 Å². The molecule has 1 fully saturated rings. The summed E-state index contributed by atoms with van der Waals surface area (Å²) in [6.07, 6.45) is 5.69. The van der Waals surface area contributed by atoms with Crippen molar-refractivity contribution in [3.8, 4) is 17.3 Å². The van der Waals surface area contributed by atoms with Gasteiger partial charge in [0.2, 0.25) is 0 Å². The molecule has 3 aromatic heterocycles. The first kappa shape index (κ1) is 16.9. The quantitative estimate of drug-likeness (QED) is 0.516. The molecule has 8 nitrogen and oxygen atoms in total. The Bertz CT molecular complexity index is 1030. The number of aromatic nitrogens is 6. The van der Waals surface area contributed by atoms with Gasteiger partial charge in [-0.3, -0.25) is 4.90 Å². The van der Waals surface area contributed by atoms with Crippen LogP contribution in [0.25, 0.3) is 17.3 Å². The number of furan rings is 1. The molecule has 28 heavy (non-hydrogen) atoms. The maximum absolute atomic E-state index is 6.14. The fraction of sp³-hybridized carbons (Fsp3) is 0.300. The zero-order valence-corrected chi connectivity index (χ0v) is 15.5. The first-order valence-corrected chi connectivity index (χ1v) is 9.50. The first-order valence-electron chi connectivity index (χ1n) is 9.50. The lowest BCUT2D eigenvalue weighted by molar-refractivity contribution is 0.299. The van der Waals surface area contributed by atoms with E-state index in [9.17, 15) is 0 Å². The van der Waals surface area contributed by atoms with Crippen molar-refractivity contribution in [1.29, 1.82) is 0 Å². The van der Waals surface area contributed by atoms with Crippen LogP contribution in [0, 0.1) is 0 Å². The molecule has 8 heteroatoms. The summed E-state index contributed by atoms with van der Waals surface area (Å²) in [7, 11) is 0. The van der Waals surface area contributed by atoms with Crippen LogP contribution in [0.5, 0.6) is 0 Å². The Morgan fingerprint density at radius 1 is 0.964 bits per heavy atom. The minimum Gasteiger partial charge on any atom is -0.456 e. The second-order valence-corrected chi connectivity index (χ2v) is 6.94. The van der Waals surface area contributed by atoms with Gasteiger partial charge in [0.05, 0.1) is 12.2 Å². The second kappa shape index (κ2) is 7.40. The Kier molecular flexibility index (Phi) is 4.46. The van der Waals surface area contributed by atoms with Gasteiger partial charge >= 0.3 is 0 Å². The minimum atomic E-state index is 0.453. The van der Waals surface area contributed by atoms with Gasteiger partial charge in [0, 0.05) is 0 Å². The summed E-state index contributed by atoms with van der Waals surface area (Å²) in [5, 5.41) is 8.84. The van der Waals surface area contributed by atoms with Crippen LogP contribution in [0.15, 0.2) is 59.5 Å². The maximum atomic E-state index is 6.14. The van der Waals surface area contributed by atoms with Crippen LogP contribution >= 0.6 is 0 Å². The van der Waals surface area contributed by atoms with Crippen molar-refractivity contribution in [3.05, 3.63) is 66.7 Å². The van der Waals surface area contributed by atoms with Gasteiger partial charge in [0.1, 0.15) is 25.0 Å². The van der Waals surface area contributed by atoms with E-state index in [1.54, 1.807) is 11.0 Å². The molecule has 0 saturated carbocycles. The lowest BCUT2D eigenvalue weighted by Crippen LogP contribution is -2.17. The van der Waals surface area contributed by atoms with Crippen LogP contribution in [0.1, 0.15) is 24.4 Å². The highest BCUT2D eigenvalue weighted by Crippen LogP contribution is 2.25. The largest absolute Gasteiger partial charge is 0.456 e. The lowest BCUT2D eigenvalue weighted by Gasteiger charge is -2.11. The van der Waals surface area contributed by atoms with Gasteiger partial charge in [-0.2, -0.15) is 5.10 Å². The molecule has 1 saturated heterocycles. The molecule has 5 rings (SSSR count). The third-order valence-corrected chi connectivity index (χ3v) is 4.88. The highest BCUT2D eigenvalue weighted by Gasteiger charge is 2.19. The molecular weight excluding hydrogens is 354 g/mol. The Hall–Kier alpha value is -3.26. The van der Waals surface area contributed by atoms with E-state index in [2.05, 4.69) is 15.0 Å². The van der Waals surface area contributed by atoms with Crippen LogP contribution in [0.4, 0.5) is 0 Å². The molecule has 0 spiro atoms. The van der Waals surface area contributed by atoms with Crippen LogP contribution in [-0.2, 0) is 13.1 Å². The average Bonchev–Trinajstić information content (AvgIpc) is 3.51. The summed E-state index contributed by atoms with van der Waals surface area (Å²) in [4.78, 5) is 11.1. The average molecular weight is 375 g/mol. The molecule has 1 aromatic carbocycles. The number of benzene rings is 1. The van der Waals surface area contributed by atoms with Gasteiger partial charge in [-0.05, 0) is 50.2 Å². The van der Waals surface area contributed by atoms with E-state index in [0.29, 0.717) is 18.2 Å². The molecule has 0 unspecified atom stereocenters. The van der Waals surface area contributed by atoms with Gasteiger partial charge in [-0.25, -0.2) is 19.3 Å². The molecule has 0 aliphatic carbocycles. The van der Waals surface area contributed by atoms with Crippen LogP contribution in [0.3, 0.4) is 0 Å². The fourth-order valence-electron chi connectivity index (χ4n) is 3.53. The molecule has 0 radical (unpaired) electrons. The van der Waals surface area contributed by atoms with Crippen molar-refractivity contribution in [2.24, 2.45) is 0 Å². The van der Waals surface area contributed by atoms with Crippen molar-refractivity contribution in [2.75, 3.05) is 13.1 Å². The molecule has 1 aliphatic heterocycles. The van der Waals surface area contributed by atoms with E-state index in [1.807, 2.05) is 47.1 Å². The number of rotatable bonds is 6. The van der Waals surface area contributed by atoms with Crippen LogP contribution in [0.2, 0.25) is 0 Å². The fourth-order valence-corrected chi connectivity index (χ4v) is 3.53. The molecule has 4 aromatic rings. The van der Waals surface area contributed by atoms with Crippen molar-refractivity contribution in [1.82, 2.24) is 34.4 Å². The summed E-state index contributed by atoms with van der Waals surface area (Å²) >= 11 is 0. The number of nitrogens with zero attached hydrogens (tertiary/aromatic N) is 7. The van der Waals surface area contributed by atoms with E-state index in [4.69, 9.17) is 14.5 Å². The molecule has 4 heterocycles. The van der Waals surface area contributed by atoms with Gasteiger partial charge in [0.15, 0.2) is 17.4 Å². The van der Waals surface area contributed by atoms with Crippen LogP contribution < -0.4 is 0 Å². The standard InChI is InChI=1S/C20H21N7O/c1-2-6-16(7-3-1)27-20(23-19(24-27)13-26-15-21-14-22-26)18-9-8-17(28-18)12-25-10-4-5-11-25/h1-3,6-9,14-15H,4-5,10-13H2. The summed E-state index contributed by atoms with van der Waals surface area (Å²) < 4.78 is 9.67. The Labute approximate surface area is 162 Å². The molecule has 0 bridgehead atoms. The SMILES string of the molecule is c1ccc(-n2nc(Cn3cncn3)nc2-c2ccc(CN3CCCC3)o2)cc1. The second-order valence-electron chi connectivity index (χ2n) is 6.94. The van der Waals surface area contributed by atoms with Gasteiger partial charge < -0.3 is 4.42 Å². The molecule has 0 N–H and O–H groups in total. The predicted molar refractivity (Wildman–Crippen MR) is 103 cm³/mol. The molecular formula is C20H21N7O. The van der Waals surface area contributed by atoms with E-state index in [0.717, 1.165) is 36.8 Å². The summed E-state index contributed by atoms with van der Waals surface area (Å²) in [6, 6.07) is 14.0. The number of hydrogen-bond donors (Lipinski definition) is 0. The first-order chi connectivity index (χ1) is 13.8. The van der Waals surface area contributed by atoms with Crippen molar-refractivity contribution < 1.29 is 4.42 Å². The van der Waals surface area contributed by atoms with Gasteiger partial charge in [0.25, 0.3) is 0 Å². The number of para-hydroxylation sites is 1. The zero-order valence-electron chi connectivity index (χ0n) is 15.5. The predicted octanol–water partition coefficient (Wildman–Crippen LogP) is 2.76. The Morgan fingerprint density at radius 2 is 1.82 bits per heavy atom. The van der Waals surface area contributed by atoms with E-state index < -0.39 is 0 Å². The van der Waals surface area contributed by atoms with Crippen molar-refractivity contribution in [3.63, 3.8) is 0 Å². The van der Waals surface area contributed by atoms with E-state index in [1.165, 1.54) is 19.2 Å². The normalized spacial score (nSPS) is 14.7. The summed E-state index contributed by atoms with van der Waals surface area (Å²) in [6.45, 7) is 3.57. The highest BCUT2D eigenvalue weighted by atomic mass is 16.3. The minimum absolute atomic E-state index is 0.453. The topological polar surface area (TPSA) is 77.8 Å². The monoisotopic (exact) mass is 375 g/mol. The summed E-state index contributed by atoms with van der Waals surface area (Å²) in [5.74, 6) is 3.02.